The van der Waals surface area contributed by atoms with Crippen LogP contribution in [0.15, 0.2) is 0 Å². The molecule has 0 saturated carbocycles. The van der Waals surface area contributed by atoms with Crippen LogP contribution in [0.2, 0.25) is 0 Å². The van der Waals surface area contributed by atoms with Crippen LogP contribution in [0.5, 0.6) is 0 Å². The second kappa shape index (κ2) is 17.9. The Balaban J connectivity index is 1.93. The average molecular weight is 737 g/mol. The second-order valence-electron chi connectivity index (χ2n) is 11.8. The quantitative estimate of drug-likeness (QED) is 0.0742. The van der Waals surface area contributed by atoms with Gasteiger partial charge in [0.1, 0.15) is 79.3 Å². The summed E-state index contributed by atoms with van der Waals surface area (Å²) in [5, 5.41) is 134. The van der Waals surface area contributed by atoms with E-state index in [2.05, 4.69) is 5.32 Å². The molecular formula is C26H44N2O22. The summed E-state index contributed by atoms with van der Waals surface area (Å²) < 4.78 is 32.5. The summed E-state index contributed by atoms with van der Waals surface area (Å²) in [5.41, 5.74) is 5.72. The summed E-state index contributed by atoms with van der Waals surface area (Å²) >= 11 is 0. The summed E-state index contributed by atoms with van der Waals surface area (Å²) in [5.74, 6) is -4.52. The number of hydrogen-bond acceptors (Lipinski definition) is 21. The van der Waals surface area contributed by atoms with Crippen molar-refractivity contribution in [3.05, 3.63) is 0 Å². The highest BCUT2D eigenvalue weighted by atomic mass is 16.8. The maximum Gasteiger partial charge on any atom is 0.335 e. The molecule has 0 radical (unpaired) electrons. The van der Waals surface area contributed by atoms with Gasteiger partial charge in [0.15, 0.2) is 31.1 Å². The minimum atomic E-state index is -2.29. The number of aliphatic hydroxyl groups excluding tert-OH is 11. The zero-order valence-electron chi connectivity index (χ0n) is 26.2. The molecule has 0 spiro atoms. The fourth-order valence-electron chi connectivity index (χ4n) is 5.53. The van der Waals surface area contributed by atoms with Gasteiger partial charge in [-0.3, -0.25) is 4.79 Å². The fourth-order valence-corrected chi connectivity index (χ4v) is 5.53. The molecule has 0 aliphatic carbocycles. The Bertz CT molecular complexity index is 1140. The molecule has 3 fully saturated rings. The lowest BCUT2D eigenvalue weighted by Crippen LogP contribution is -2.70. The van der Waals surface area contributed by atoms with Crippen molar-refractivity contribution < 1.29 is 109 Å². The highest BCUT2D eigenvalue weighted by Crippen LogP contribution is 2.33. The first-order valence-corrected chi connectivity index (χ1v) is 15.1. The molecule has 0 bridgehead atoms. The third kappa shape index (κ3) is 9.18. The van der Waals surface area contributed by atoms with Gasteiger partial charge >= 0.3 is 11.9 Å². The molecule has 3 rings (SSSR count). The number of carbonyl (C=O) groups is 3. The Kier molecular flexibility index (Phi) is 15.1. The maximum atomic E-state index is 12.3. The van der Waals surface area contributed by atoms with Crippen LogP contribution in [0.3, 0.4) is 0 Å². The van der Waals surface area contributed by atoms with E-state index in [9.17, 15) is 80.8 Å². The van der Waals surface area contributed by atoms with E-state index < -0.39 is 154 Å². The van der Waals surface area contributed by atoms with Gasteiger partial charge in [0.25, 0.3) is 0 Å². The Labute approximate surface area is 281 Å². The smallest absolute Gasteiger partial charge is 0.335 e. The standard InChI is InChI=1S/C26H44N2O22/c1-5(32)28-9-18(47-25-15(39)12(36)13(37)20(49-25)22(41)42)11(35)8(4-31)45-24(9)48-19-14(38)16(40)26(50-21(19)23(43)44)46-17(6(27)2-29)10(34)7(33)3-30/h6-21,24-26,29-31,33-40H,2-4,27H2,1H3,(H,28,32)(H,41,42)(H,43,44)/t6?,7?,8?,9?,10-,11-,12+,13+,14-,15?,16?,17-,18-,19-,20?,21?,24+,25-,26-/m1/s1. The van der Waals surface area contributed by atoms with Gasteiger partial charge in [-0.15, -0.1) is 0 Å². The zero-order valence-corrected chi connectivity index (χ0v) is 26.2. The van der Waals surface area contributed by atoms with Crippen molar-refractivity contribution in [1.29, 1.82) is 0 Å². The van der Waals surface area contributed by atoms with Crippen LogP contribution in [-0.2, 0) is 42.8 Å². The number of nitrogens with two attached hydrogens (primary N) is 1. The molecule has 24 heteroatoms. The Morgan fingerprint density at radius 2 is 1.28 bits per heavy atom. The van der Waals surface area contributed by atoms with Crippen molar-refractivity contribution in [3.8, 4) is 0 Å². The Morgan fingerprint density at radius 3 is 1.80 bits per heavy atom. The predicted molar refractivity (Wildman–Crippen MR) is 151 cm³/mol. The van der Waals surface area contributed by atoms with Crippen LogP contribution in [0, 0.1) is 0 Å². The van der Waals surface area contributed by atoms with E-state index in [4.69, 9.17) is 34.2 Å². The Morgan fingerprint density at radius 1 is 0.720 bits per heavy atom. The molecule has 1 amide bonds. The molecule has 3 aliphatic rings. The molecule has 8 unspecified atom stereocenters. The van der Waals surface area contributed by atoms with Crippen LogP contribution in [-0.4, -0.2) is 220 Å². The molecule has 3 saturated heterocycles. The summed E-state index contributed by atoms with van der Waals surface area (Å²) in [6.45, 7) is -1.95. The van der Waals surface area contributed by atoms with Crippen LogP contribution >= 0.6 is 0 Å². The minimum absolute atomic E-state index is 0.877. The lowest BCUT2D eigenvalue weighted by Gasteiger charge is -2.49. The van der Waals surface area contributed by atoms with Crippen LogP contribution in [0.25, 0.3) is 0 Å². The predicted octanol–water partition coefficient (Wildman–Crippen LogP) is -9.82. The first-order valence-electron chi connectivity index (χ1n) is 15.1. The molecule has 0 aromatic rings. The molecule has 0 aromatic carbocycles. The lowest BCUT2D eigenvalue weighted by molar-refractivity contribution is -0.364. The maximum absolute atomic E-state index is 12.3. The van der Waals surface area contributed by atoms with Crippen molar-refractivity contribution in [2.45, 2.75) is 123 Å². The van der Waals surface area contributed by atoms with E-state index in [-0.39, 0.29) is 0 Å². The second-order valence-corrected chi connectivity index (χ2v) is 11.8. The molecule has 19 atom stereocenters. The topological polar surface area (TPSA) is 408 Å². The first-order chi connectivity index (χ1) is 23.4. The molecule has 50 heavy (non-hydrogen) atoms. The van der Waals surface area contributed by atoms with Crippen molar-refractivity contribution in [1.82, 2.24) is 5.32 Å². The average Bonchev–Trinajstić information content (AvgIpc) is 3.07. The number of hydrogen-bond donors (Lipinski definition) is 15. The monoisotopic (exact) mass is 736 g/mol. The van der Waals surface area contributed by atoms with Gasteiger partial charge in [-0.1, -0.05) is 0 Å². The normalized spacial score (nSPS) is 41.8. The van der Waals surface area contributed by atoms with Gasteiger partial charge in [-0.25, -0.2) is 9.59 Å². The molecular weight excluding hydrogens is 692 g/mol. The molecule has 290 valence electrons. The van der Waals surface area contributed by atoms with Crippen molar-refractivity contribution in [3.63, 3.8) is 0 Å². The highest BCUT2D eigenvalue weighted by molar-refractivity contribution is 5.74. The van der Waals surface area contributed by atoms with Crippen molar-refractivity contribution >= 4 is 17.8 Å². The van der Waals surface area contributed by atoms with Gasteiger partial charge in [-0.05, 0) is 0 Å². The minimum Gasteiger partial charge on any atom is -0.479 e. The number of rotatable bonds is 15. The lowest BCUT2D eigenvalue weighted by atomic mass is 9.94. The summed E-state index contributed by atoms with van der Waals surface area (Å²) in [6.07, 6.45) is -35.2. The number of carbonyl (C=O) groups excluding carboxylic acids is 1. The van der Waals surface area contributed by atoms with Gasteiger partial charge in [0.2, 0.25) is 5.91 Å². The van der Waals surface area contributed by atoms with E-state index in [0.717, 1.165) is 6.92 Å². The van der Waals surface area contributed by atoms with E-state index in [1.54, 1.807) is 0 Å². The fraction of sp³-hybridized carbons (Fsp3) is 0.885. The molecule has 3 heterocycles. The van der Waals surface area contributed by atoms with Gasteiger partial charge in [0.05, 0.1) is 25.9 Å². The van der Waals surface area contributed by atoms with Crippen LogP contribution in [0.1, 0.15) is 6.92 Å². The number of ether oxygens (including phenoxy) is 6. The summed E-state index contributed by atoms with van der Waals surface area (Å²) in [6, 6.07) is -3.30. The van der Waals surface area contributed by atoms with Crippen LogP contribution in [0.4, 0.5) is 0 Å². The van der Waals surface area contributed by atoms with E-state index >= 15 is 0 Å². The van der Waals surface area contributed by atoms with Gasteiger partial charge < -0.3 is 106 Å². The molecule has 3 aliphatic heterocycles. The number of aliphatic hydroxyl groups is 11. The van der Waals surface area contributed by atoms with E-state index in [0.29, 0.717) is 0 Å². The largest absolute Gasteiger partial charge is 0.479 e. The summed E-state index contributed by atoms with van der Waals surface area (Å²) in [7, 11) is 0. The zero-order chi connectivity index (χ0) is 37.8. The SMILES string of the molecule is CC(=O)NC1[C@H](O[C@H]2C(C(=O)O)O[C@@H](O[C@H](C(N)CO)[C@H](O)C(O)CO)C(O)[C@H]2O)OC(CO)[C@@H](O)[C@@H]1O[C@@H]1OC(C(=O)O)[C@@H](O)[C@H](O)C1O. The van der Waals surface area contributed by atoms with Gasteiger partial charge in [0, 0.05) is 6.92 Å². The van der Waals surface area contributed by atoms with Gasteiger partial charge in [-0.2, -0.15) is 0 Å². The third-order valence-corrected chi connectivity index (χ3v) is 8.25. The van der Waals surface area contributed by atoms with Crippen LogP contribution < -0.4 is 11.1 Å². The number of aliphatic carboxylic acids is 2. The van der Waals surface area contributed by atoms with Crippen molar-refractivity contribution in [2.75, 3.05) is 19.8 Å². The molecule has 0 aromatic heterocycles. The number of carboxylic acids is 2. The number of nitrogens with one attached hydrogen (secondary N) is 1. The van der Waals surface area contributed by atoms with E-state index in [1.165, 1.54) is 0 Å². The van der Waals surface area contributed by atoms with E-state index in [1.807, 2.05) is 0 Å². The Hall–Kier alpha value is -2.31. The molecule has 24 nitrogen and oxygen atoms in total. The number of amides is 1. The highest BCUT2D eigenvalue weighted by Gasteiger charge is 2.56. The molecule has 16 N–H and O–H groups in total. The van der Waals surface area contributed by atoms with Crippen molar-refractivity contribution in [2.24, 2.45) is 5.73 Å². The number of carboxylic acid groups (broad SMARTS) is 2. The summed E-state index contributed by atoms with van der Waals surface area (Å²) in [4.78, 5) is 36.1. The third-order valence-electron chi connectivity index (χ3n) is 8.25. The first kappa shape index (κ1) is 42.1.